The van der Waals surface area contributed by atoms with Crippen molar-refractivity contribution >= 4 is 51.4 Å². The predicted molar refractivity (Wildman–Crippen MR) is 104 cm³/mol. The number of anilines is 2. The lowest BCUT2D eigenvalue weighted by atomic mass is 10.3. The smallest absolute Gasteiger partial charge is 0.272 e. The number of benzene rings is 1. The molecule has 1 aromatic carbocycles. The van der Waals surface area contributed by atoms with Crippen LogP contribution in [0, 0.1) is 5.82 Å². The van der Waals surface area contributed by atoms with Crippen molar-refractivity contribution in [2.24, 2.45) is 12.0 Å². The van der Waals surface area contributed by atoms with Gasteiger partial charge in [-0.1, -0.05) is 12.1 Å². The Labute approximate surface area is 162 Å². The summed E-state index contributed by atoms with van der Waals surface area (Å²) in [6.07, 6.45) is 4.63. The number of nitrogens with zero attached hydrogens (tertiary/aromatic N) is 4. The standard InChI is InChI=1S/C18H15FN4O2S2/c1-12(24)23(15-6-4-3-5-14(15)19)18-20-13(11-27-18)7-8-16(25)21-17-22(2)9-10-26-17/h3-11H,1-2H3/b8-7+,21-17?. The lowest BCUT2D eigenvalue weighted by Gasteiger charge is -2.18. The third-order valence-electron chi connectivity index (χ3n) is 3.47. The van der Waals surface area contributed by atoms with E-state index in [0.29, 0.717) is 15.6 Å². The third kappa shape index (κ3) is 4.44. The Morgan fingerprint density at radius 1 is 1.30 bits per heavy atom. The second-order valence-electron chi connectivity index (χ2n) is 5.44. The van der Waals surface area contributed by atoms with Gasteiger partial charge >= 0.3 is 0 Å². The SMILES string of the molecule is CC(=O)N(c1nc(/C=C/C(=O)N=c2sccn2C)cs1)c1ccccc1F. The number of carbonyl (C=O) groups is 2. The first-order valence-electron chi connectivity index (χ1n) is 7.83. The van der Waals surface area contributed by atoms with E-state index >= 15 is 0 Å². The maximum Gasteiger partial charge on any atom is 0.272 e. The summed E-state index contributed by atoms with van der Waals surface area (Å²) < 4.78 is 15.8. The molecule has 0 spiro atoms. The number of hydrogen-bond acceptors (Lipinski definition) is 5. The molecule has 0 radical (unpaired) electrons. The number of aryl methyl sites for hydroxylation is 1. The van der Waals surface area contributed by atoms with Crippen molar-refractivity contribution in [2.45, 2.75) is 6.92 Å². The Balaban J connectivity index is 1.83. The lowest BCUT2D eigenvalue weighted by Crippen LogP contribution is -2.23. The van der Waals surface area contributed by atoms with Gasteiger partial charge in [0.25, 0.3) is 5.91 Å². The van der Waals surface area contributed by atoms with Gasteiger partial charge in [0.05, 0.1) is 11.4 Å². The van der Waals surface area contributed by atoms with Gasteiger partial charge in [0.2, 0.25) is 5.91 Å². The number of rotatable bonds is 4. The van der Waals surface area contributed by atoms with Crippen LogP contribution in [0.5, 0.6) is 0 Å². The van der Waals surface area contributed by atoms with Crippen LogP contribution in [0.15, 0.2) is 52.3 Å². The molecule has 0 unspecified atom stereocenters. The van der Waals surface area contributed by atoms with Crippen LogP contribution in [-0.4, -0.2) is 21.4 Å². The number of halogens is 1. The fraction of sp³-hybridized carbons (Fsp3) is 0.111. The second-order valence-corrected chi connectivity index (χ2v) is 7.15. The van der Waals surface area contributed by atoms with E-state index < -0.39 is 11.7 Å². The zero-order valence-electron chi connectivity index (χ0n) is 14.5. The Morgan fingerprint density at radius 2 is 2.07 bits per heavy atom. The molecular formula is C18H15FN4O2S2. The number of aromatic nitrogens is 2. The quantitative estimate of drug-likeness (QED) is 0.627. The highest BCUT2D eigenvalue weighted by Crippen LogP contribution is 2.30. The van der Waals surface area contributed by atoms with Crippen molar-refractivity contribution in [1.82, 2.24) is 9.55 Å². The minimum absolute atomic E-state index is 0.131. The topological polar surface area (TPSA) is 67.6 Å². The zero-order chi connectivity index (χ0) is 19.4. The van der Waals surface area contributed by atoms with Crippen molar-refractivity contribution in [3.05, 3.63) is 63.6 Å². The zero-order valence-corrected chi connectivity index (χ0v) is 16.1. The van der Waals surface area contributed by atoms with Crippen LogP contribution in [0.4, 0.5) is 15.2 Å². The normalized spacial score (nSPS) is 11.9. The second kappa shape index (κ2) is 8.19. The summed E-state index contributed by atoms with van der Waals surface area (Å²) in [5.74, 6) is -1.29. The molecule has 9 heteroatoms. The molecule has 3 rings (SSSR count). The van der Waals surface area contributed by atoms with Crippen molar-refractivity contribution in [2.75, 3.05) is 4.90 Å². The molecule has 3 aromatic rings. The van der Waals surface area contributed by atoms with E-state index in [1.54, 1.807) is 29.1 Å². The van der Waals surface area contributed by atoms with Crippen molar-refractivity contribution in [3.63, 3.8) is 0 Å². The number of hydrogen-bond donors (Lipinski definition) is 0. The Kier molecular flexibility index (Phi) is 5.72. The Hall–Kier alpha value is -2.91. The first-order valence-corrected chi connectivity index (χ1v) is 9.59. The molecule has 0 saturated heterocycles. The molecular weight excluding hydrogens is 387 g/mol. The molecule has 2 heterocycles. The molecule has 0 N–H and O–H groups in total. The van der Waals surface area contributed by atoms with Gasteiger partial charge in [-0.3, -0.25) is 14.5 Å². The van der Waals surface area contributed by atoms with Crippen LogP contribution in [0.25, 0.3) is 6.08 Å². The molecule has 27 heavy (non-hydrogen) atoms. The van der Waals surface area contributed by atoms with Crippen LogP contribution in [-0.2, 0) is 16.6 Å². The number of thiazole rings is 2. The molecule has 0 aliphatic rings. The molecule has 0 fully saturated rings. The van der Waals surface area contributed by atoms with Crippen LogP contribution < -0.4 is 9.70 Å². The summed E-state index contributed by atoms with van der Waals surface area (Å²) >= 11 is 2.54. The molecule has 0 aliphatic carbocycles. The van der Waals surface area contributed by atoms with Gasteiger partial charge < -0.3 is 4.57 Å². The van der Waals surface area contributed by atoms with Gasteiger partial charge in [-0.05, 0) is 18.2 Å². The van der Waals surface area contributed by atoms with E-state index in [4.69, 9.17) is 0 Å². The van der Waals surface area contributed by atoms with Gasteiger partial charge in [-0.15, -0.1) is 22.7 Å². The first kappa shape index (κ1) is 18.9. The van der Waals surface area contributed by atoms with Gasteiger partial charge in [0.1, 0.15) is 5.82 Å². The van der Waals surface area contributed by atoms with E-state index in [-0.39, 0.29) is 11.6 Å². The maximum atomic E-state index is 14.1. The van der Waals surface area contributed by atoms with Crippen LogP contribution >= 0.6 is 22.7 Å². The highest BCUT2D eigenvalue weighted by Gasteiger charge is 2.20. The van der Waals surface area contributed by atoms with Crippen molar-refractivity contribution in [3.8, 4) is 0 Å². The molecule has 0 bridgehead atoms. The van der Waals surface area contributed by atoms with Crippen LogP contribution in [0.1, 0.15) is 12.6 Å². The van der Waals surface area contributed by atoms with E-state index in [0.717, 1.165) is 0 Å². The van der Waals surface area contributed by atoms with E-state index in [1.165, 1.54) is 58.8 Å². The Morgan fingerprint density at radius 3 is 2.74 bits per heavy atom. The van der Waals surface area contributed by atoms with E-state index in [2.05, 4.69) is 9.98 Å². The third-order valence-corrected chi connectivity index (χ3v) is 5.16. The maximum absolute atomic E-state index is 14.1. The highest BCUT2D eigenvalue weighted by molar-refractivity contribution is 7.14. The fourth-order valence-corrected chi connectivity index (χ4v) is 3.80. The summed E-state index contributed by atoms with van der Waals surface area (Å²) in [5, 5.41) is 3.84. The summed E-state index contributed by atoms with van der Waals surface area (Å²) in [7, 11) is 1.80. The molecule has 2 aromatic heterocycles. The average molecular weight is 402 g/mol. The Bertz CT molecular complexity index is 1080. The molecule has 138 valence electrons. The summed E-state index contributed by atoms with van der Waals surface area (Å²) in [6.45, 7) is 1.34. The van der Waals surface area contributed by atoms with Crippen molar-refractivity contribution in [1.29, 1.82) is 0 Å². The number of para-hydroxylation sites is 1. The highest BCUT2D eigenvalue weighted by atomic mass is 32.1. The van der Waals surface area contributed by atoms with Crippen LogP contribution in [0.3, 0.4) is 0 Å². The molecule has 2 amide bonds. The van der Waals surface area contributed by atoms with Gasteiger partial charge in [-0.25, -0.2) is 9.37 Å². The first-order chi connectivity index (χ1) is 13.0. The van der Waals surface area contributed by atoms with Crippen molar-refractivity contribution < 1.29 is 14.0 Å². The monoisotopic (exact) mass is 402 g/mol. The summed E-state index contributed by atoms with van der Waals surface area (Å²) in [6, 6.07) is 5.99. The largest absolute Gasteiger partial charge is 0.327 e. The van der Waals surface area contributed by atoms with Gasteiger partial charge in [-0.2, -0.15) is 4.99 Å². The van der Waals surface area contributed by atoms with E-state index in [9.17, 15) is 14.0 Å². The van der Waals surface area contributed by atoms with Gasteiger partial charge in [0, 0.05) is 37.0 Å². The fourth-order valence-electron chi connectivity index (χ4n) is 2.22. The number of amides is 2. The van der Waals surface area contributed by atoms with Gasteiger partial charge in [0.15, 0.2) is 9.93 Å². The average Bonchev–Trinajstić information content (AvgIpc) is 3.24. The minimum atomic E-state index is -0.516. The minimum Gasteiger partial charge on any atom is -0.327 e. The molecule has 0 atom stereocenters. The molecule has 6 nitrogen and oxygen atoms in total. The predicted octanol–water partition coefficient (Wildman–Crippen LogP) is 3.51. The number of carbonyl (C=O) groups excluding carboxylic acids is 2. The molecule has 0 saturated carbocycles. The molecule has 0 aliphatic heterocycles. The summed E-state index contributed by atoms with van der Waals surface area (Å²) in [4.78, 5) is 34.1. The lowest BCUT2D eigenvalue weighted by molar-refractivity contribution is -0.116. The van der Waals surface area contributed by atoms with Crippen LogP contribution in [0.2, 0.25) is 0 Å². The summed E-state index contributed by atoms with van der Waals surface area (Å²) in [5.41, 5.74) is 0.614. The van der Waals surface area contributed by atoms with E-state index in [1.807, 2.05) is 11.6 Å².